The fourth-order valence-corrected chi connectivity index (χ4v) is 3.85. The molecule has 1 amide bonds. The summed E-state index contributed by atoms with van der Waals surface area (Å²) < 4.78 is 0. The van der Waals surface area contributed by atoms with Gasteiger partial charge in [-0.25, -0.2) is 0 Å². The van der Waals surface area contributed by atoms with Gasteiger partial charge in [-0.1, -0.05) is 0 Å². The van der Waals surface area contributed by atoms with E-state index in [0.717, 1.165) is 31.8 Å². The van der Waals surface area contributed by atoms with Crippen LogP contribution in [0.2, 0.25) is 0 Å². The molecule has 0 aromatic heterocycles. The highest BCUT2D eigenvalue weighted by molar-refractivity contribution is 8.00. The van der Waals surface area contributed by atoms with Gasteiger partial charge in [-0.3, -0.25) is 4.79 Å². The van der Waals surface area contributed by atoms with Crippen molar-refractivity contribution < 1.29 is 4.79 Å². The third kappa shape index (κ3) is 3.14. The van der Waals surface area contributed by atoms with Gasteiger partial charge in [0.1, 0.15) is 0 Å². The zero-order chi connectivity index (χ0) is 11.4. The number of thioether (sulfide) groups is 1. The molecule has 92 valence electrons. The van der Waals surface area contributed by atoms with E-state index in [4.69, 9.17) is 0 Å². The molecule has 0 radical (unpaired) electrons. The van der Waals surface area contributed by atoms with Crippen LogP contribution < -0.4 is 5.32 Å². The largest absolute Gasteiger partial charge is 0.344 e. The molecule has 2 heterocycles. The Morgan fingerprint density at radius 1 is 1.44 bits per heavy atom. The number of carbonyl (C=O) groups excluding carboxylic acids is 1. The van der Waals surface area contributed by atoms with E-state index in [1.54, 1.807) is 0 Å². The van der Waals surface area contributed by atoms with Crippen molar-refractivity contribution in [1.82, 2.24) is 10.2 Å². The lowest BCUT2D eigenvalue weighted by Gasteiger charge is -2.28. The molecule has 4 heteroatoms. The van der Waals surface area contributed by atoms with E-state index in [1.165, 1.54) is 19.3 Å². The SMILES string of the molecule is CN(CC1CCCNC1)C(=O)C1CCCS1. The highest BCUT2D eigenvalue weighted by atomic mass is 32.2. The number of rotatable bonds is 3. The van der Waals surface area contributed by atoms with Crippen molar-refractivity contribution in [3.8, 4) is 0 Å². The van der Waals surface area contributed by atoms with Gasteiger partial charge in [0.25, 0.3) is 0 Å². The molecular formula is C12H22N2OS. The lowest BCUT2D eigenvalue weighted by Crippen LogP contribution is -2.41. The Morgan fingerprint density at radius 2 is 2.31 bits per heavy atom. The first-order valence-electron chi connectivity index (χ1n) is 6.34. The molecule has 0 aromatic rings. The number of hydrogen-bond donors (Lipinski definition) is 1. The Balaban J connectivity index is 1.77. The molecule has 0 bridgehead atoms. The predicted molar refractivity (Wildman–Crippen MR) is 68.7 cm³/mol. The number of amides is 1. The lowest BCUT2D eigenvalue weighted by molar-refractivity contribution is -0.129. The molecule has 1 N–H and O–H groups in total. The van der Waals surface area contributed by atoms with E-state index in [-0.39, 0.29) is 5.25 Å². The Kier molecular flexibility index (Phi) is 4.53. The smallest absolute Gasteiger partial charge is 0.235 e. The number of carbonyl (C=O) groups is 1. The molecule has 0 saturated carbocycles. The molecule has 0 aromatic carbocycles. The van der Waals surface area contributed by atoms with Gasteiger partial charge in [-0.15, -0.1) is 11.8 Å². The third-order valence-electron chi connectivity index (χ3n) is 3.51. The highest BCUT2D eigenvalue weighted by Gasteiger charge is 2.27. The zero-order valence-electron chi connectivity index (χ0n) is 10.1. The normalized spacial score (nSPS) is 30.3. The molecular weight excluding hydrogens is 220 g/mol. The summed E-state index contributed by atoms with van der Waals surface area (Å²) in [6, 6.07) is 0. The van der Waals surface area contributed by atoms with Crippen LogP contribution in [0.1, 0.15) is 25.7 Å². The van der Waals surface area contributed by atoms with Gasteiger partial charge >= 0.3 is 0 Å². The summed E-state index contributed by atoms with van der Waals surface area (Å²) in [5.41, 5.74) is 0. The van der Waals surface area contributed by atoms with Crippen molar-refractivity contribution in [2.24, 2.45) is 5.92 Å². The van der Waals surface area contributed by atoms with Crippen LogP contribution in [-0.4, -0.2) is 48.5 Å². The number of nitrogens with one attached hydrogen (secondary N) is 1. The second kappa shape index (κ2) is 5.92. The molecule has 3 nitrogen and oxygen atoms in total. The summed E-state index contributed by atoms with van der Waals surface area (Å²) >= 11 is 1.83. The van der Waals surface area contributed by atoms with E-state index in [0.29, 0.717) is 11.8 Å². The van der Waals surface area contributed by atoms with Crippen molar-refractivity contribution in [2.45, 2.75) is 30.9 Å². The maximum absolute atomic E-state index is 12.1. The topological polar surface area (TPSA) is 32.3 Å². The molecule has 0 spiro atoms. The van der Waals surface area contributed by atoms with Crippen molar-refractivity contribution in [3.63, 3.8) is 0 Å². The second-order valence-corrected chi connectivity index (χ2v) is 6.24. The van der Waals surface area contributed by atoms with Crippen LogP contribution in [0.5, 0.6) is 0 Å². The first kappa shape index (κ1) is 12.2. The van der Waals surface area contributed by atoms with Crippen LogP contribution in [0.4, 0.5) is 0 Å². The van der Waals surface area contributed by atoms with Gasteiger partial charge in [0.2, 0.25) is 5.91 Å². The van der Waals surface area contributed by atoms with E-state index < -0.39 is 0 Å². The summed E-state index contributed by atoms with van der Waals surface area (Å²) in [6.07, 6.45) is 4.81. The van der Waals surface area contributed by atoms with Gasteiger partial charge in [-0.2, -0.15) is 0 Å². The number of nitrogens with zero attached hydrogens (tertiary/aromatic N) is 1. The van der Waals surface area contributed by atoms with Gasteiger partial charge in [0, 0.05) is 13.6 Å². The number of hydrogen-bond acceptors (Lipinski definition) is 3. The maximum atomic E-state index is 12.1. The first-order chi connectivity index (χ1) is 7.77. The minimum Gasteiger partial charge on any atom is -0.344 e. The van der Waals surface area contributed by atoms with Crippen LogP contribution in [0.15, 0.2) is 0 Å². The summed E-state index contributed by atoms with van der Waals surface area (Å²) in [5.74, 6) is 2.18. The predicted octanol–water partition coefficient (Wildman–Crippen LogP) is 1.34. The quantitative estimate of drug-likeness (QED) is 0.810. The van der Waals surface area contributed by atoms with Gasteiger partial charge in [0.05, 0.1) is 5.25 Å². The van der Waals surface area contributed by atoms with Crippen LogP contribution in [-0.2, 0) is 4.79 Å². The van der Waals surface area contributed by atoms with Crippen molar-refractivity contribution >= 4 is 17.7 Å². The highest BCUT2D eigenvalue weighted by Crippen LogP contribution is 2.27. The second-order valence-electron chi connectivity index (χ2n) is 4.93. The van der Waals surface area contributed by atoms with E-state index in [1.807, 2.05) is 23.7 Å². The summed E-state index contributed by atoms with van der Waals surface area (Å²) in [4.78, 5) is 14.1. The molecule has 0 aliphatic carbocycles. The molecule has 2 aliphatic rings. The fraction of sp³-hybridized carbons (Fsp3) is 0.917. The van der Waals surface area contributed by atoms with Crippen LogP contribution in [0.25, 0.3) is 0 Å². The zero-order valence-corrected chi connectivity index (χ0v) is 10.9. The molecule has 16 heavy (non-hydrogen) atoms. The first-order valence-corrected chi connectivity index (χ1v) is 7.39. The number of piperidine rings is 1. The molecule has 2 atom stereocenters. The van der Waals surface area contributed by atoms with E-state index in [2.05, 4.69) is 5.32 Å². The standard InChI is InChI=1S/C12H22N2OS/c1-14(9-10-4-2-6-13-8-10)12(15)11-5-3-7-16-11/h10-11,13H,2-9H2,1H3. The average molecular weight is 242 g/mol. The van der Waals surface area contributed by atoms with Crippen molar-refractivity contribution in [3.05, 3.63) is 0 Å². The van der Waals surface area contributed by atoms with Crippen LogP contribution in [0.3, 0.4) is 0 Å². The molecule has 2 unspecified atom stereocenters. The van der Waals surface area contributed by atoms with E-state index >= 15 is 0 Å². The average Bonchev–Trinajstić information content (AvgIpc) is 2.83. The van der Waals surface area contributed by atoms with Crippen LogP contribution >= 0.6 is 11.8 Å². The summed E-state index contributed by atoms with van der Waals surface area (Å²) in [7, 11) is 1.97. The van der Waals surface area contributed by atoms with Gasteiger partial charge in [0.15, 0.2) is 0 Å². The summed E-state index contributed by atoms with van der Waals surface area (Å²) in [6.45, 7) is 3.16. The van der Waals surface area contributed by atoms with Crippen molar-refractivity contribution in [2.75, 3.05) is 32.4 Å². The Bertz CT molecular complexity index is 235. The molecule has 2 fully saturated rings. The molecule has 2 saturated heterocycles. The fourth-order valence-electron chi connectivity index (χ4n) is 2.58. The van der Waals surface area contributed by atoms with Gasteiger partial charge < -0.3 is 10.2 Å². The monoisotopic (exact) mass is 242 g/mol. The van der Waals surface area contributed by atoms with Gasteiger partial charge in [-0.05, 0) is 50.4 Å². The molecule has 2 rings (SSSR count). The Morgan fingerprint density at radius 3 is 2.94 bits per heavy atom. The summed E-state index contributed by atoms with van der Waals surface area (Å²) in [5, 5.41) is 3.66. The van der Waals surface area contributed by atoms with Crippen LogP contribution in [0, 0.1) is 5.92 Å². The van der Waals surface area contributed by atoms with E-state index in [9.17, 15) is 4.79 Å². The minimum absolute atomic E-state index is 0.251. The Hall–Kier alpha value is -0.220. The lowest BCUT2D eigenvalue weighted by atomic mass is 9.99. The Labute approximate surface area is 102 Å². The van der Waals surface area contributed by atoms with Crippen molar-refractivity contribution in [1.29, 1.82) is 0 Å². The minimum atomic E-state index is 0.251. The molecule has 2 aliphatic heterocycles. The maximum Gasteiger partial charge on any atom is 0.235 e. The third-order valence-corrected chi connectivity index (χ3v) is 4.88.